The van der Waals surface area contributed by atoms with Crippen molar-refractivity contribution >= 4 is 11.7 Å². The number of hydrogen-bond donors (Lipinski definition) is 0. The van der Waals surface area contributed by atoms with Crippen LogP contribution in [0.5, 0.6) is 0 Å². The van der Waals surface area contributed by atoms with Crippen LogP contribution in [0.4, 0.5) is 5.82 Å². The van der Waals surface area contributed by atoms with Gasteiger partial charge in [0, 0.05) is 38.2 Å². The van der Waals surface area contributed by atoms with Crippen LogP contribution >= 0.6 is 0 Å². The Kier molecular flexibility index (Phi) is 6.46. The van der Waals surface area contributed by atoms with Crippen molar-refractivity contribution in [2.75, 3.05) is 50.7 Å². The Morgan fingerprint density at radius 2 is 1.88 bits per heavy atom. The highest BCUT2D eigenvalue weighted by molar-refractivity contribution is 5.78. The van der Waals surface area contributed by atoms with Crippen LogP contribution in [0.1, 0.15) is 57.0 Å². The van der Waals surface area contributed by atoms with E-state index >= 15 is 0 Å². The zero-order valence-electron chi connectivity index (χ0n) is 16.6. The molecule has 1 amide bonds. The highest BCUT2D eigenvalue weighted by Crippen LogP contribution is 2.28. The molecule has 0 unspecified atom stereocenters. The Morgan fingerprint density at radius 1 is 1.15 bits per heavy atom. The summed E-state index contributed by atoms with van der Waals surface area (Å²) in [6.45, 7) is 12.4. The molecule has 0 saturated carbocycles. The number of piperidine rings is 1. The Bertz CT molecular complexity index is 610. The van der Waals surface area contributed by atoms with E-state index in [-0.39, 0.29) is 5.91 Å². The van der Waals surface area contributed by atoms with E-state index in [0.29, 0.717) is 12.5 Å². The van der Waals surface area contributed by atoms with Crippen LogP contribution in [-0.4, -0.2) is 71.5 Å². The summed E-state index contributed by atoms with van der Waals surface area (Å²) in [6, 6.07) is 2.17. The molecule has 26 heavy (non-hydrogen) atoms. The molecular formula is C20H33N5O. The van der Waals surface area contributed by atoms with E-state index in [1.54, 1.807) is 0 Å². The maximum absolute atomic E-state index is 12.7. The second-order valence-corrected chi connectivity index (χ2v) is 7.53. The average Bonchev–Trinajstić information content (AvgIpc) is 3.20. The fourth-order valence-electron chi connectivity index (χ4n) is 4.08. The molecule has 3 heterocycles. The summed E-state index contributed by atoms with van der Waals surface area (Å²) in [6.07, 6.45) is 4.65. The number of rotatable bonds is 6. The molecule has 6 heteroatoms. The van der Waals surface area contributed by atoms with Crippen LogP contribution in [0.25, 0.3) is 0 Å². The summed E-state index contributed by atoms with van der Waals surface area (Å²) >= 11 is 0. The van der Waals surface area contributed by atoms with Gasteiger partial charge in [-0.05, 0) is 45.7 Å². The highest BCUT2D eigenvalue weighted by atomic mass is 16.2. The topological polar surface area (TPSA) is 52.6 Å². The lowest BCUT2D eigenvalue weighted by Crippen LogP contribution is -2.44. The molecule has 6 nitrogen and oxygen atoms in total. The van der Waals surface area contributed by atoms with Crippen molar-refractivity contribution in [3.63, 3.8) is 0 Å². The Morgan fingerprint density at radius 3 is 2.58 bits per heavy atom. The zero-order chi connectivity index (χ0) is 18.5. The van der Waals surface area contributed by atoms with E-state index in [4.69, 9.17) is 4.98 Å². The number of likely N-dealkylation sites (tertiary alicyclic amines) is 1. The van der Waals surface area contributed by atoms with E-state index in [0.717, 1.165) is 69.4 Å². The number of aromatic nitrogens is 2. The van der Waals surface area contributed by atoms with Gasteiger partial charge in [0.2, 0.25) is 5.91 Å². The summed E-state index contributed by atoms with van der Waals surface area (Å²) in [7, 11) is 0. The zero-order valence-corrected chi connectivity index (χ0v) is 16.6. The van der Waals surface area contributed by atoms with Gasteiger partial charge < -0.3 is 9.80 Å². The van der Waals surface area contributed by atoms with E-state index < -0.39 is 0 Å². The van der Waals surface area contributed by atoms with Gasteiger partial charge in [-0.15, -0.1) is 0 Å². The summed E-state index contributed by atoms with van der Waals surface area (Å²) in [5, 5.41) is 0. The Balaban J connectivity index is 1.70. The fraction of sp³-hybridized carbons (Fsp3) is 0.750. The van der Waals surface area contributed by atoms with Gasteiger partial charge in [0.1, 0.15) is 11.6 Å². The van der Waals surface area contributed by atoms with Crippen LogP contribution in [0.2, 0.25) is 0 Å². The van der Waals surface area contributed by atoms with Crippen molar-refractivity contribution in [1.82, 2.24) is 19.8 Å². The second-order valence-electron chi connectivity index (χ2n) is 7.53. The molecule has 3 rings (SSSR count). The SMILES string of the molecule is CCN(CC)CC(=O)N1CCC[C@H](c2cc(N3CCCC3)nc(C)n2)C1. The minimum absolute atomic E-state index is 0.254. The normalized spacial score (nSPS) is 20.8. The summed E-state index contributed by atoms with van der Waals surface area (Å²) < 4.78 is 0. The van der Waals surface area contributed by atoms with Gasteiger partial charge >= 0.3 is 0 Å². The number of aryl methyl sites for hydroxylation is 1. The first-order valence-electron chi connectivity index (χ1n) is 10.2. The first-order chi connectivity index (χ1) is 12.6. The standard InChI is InChI=1S/C20H33N5O/c1-4-23(5-2)15-20(26)25-12-8-9-17(14-25)18-13-19(22-16(3)21-18)24-10-6-7-11-24/h13,17H,4-12,14-15H2,1-3H3/t17-/m0/s1. The molecule has 2 aliphatic rings. The number of carbonyl (C=O) groups is 1. The van der Waals surface area contributed by atoms with Crippen LogP contribution in [0.15, 0.2) is 6.07 Å². The molecule has 144 valence electrons. The van der Waals surface area contributed by atoms with E-state index in [1.165, 1.54) is 12.8 Å². The maximum Gasteiger partial charge on any atom is 0.236 e. The molecule has 1 aromatic rings. The summed E-state index contributed by atoms with van der Waals surface area (Å²) in [4.78, 5) is 28.7. The minimum Gasteiger partial charge on any atom is -0.357 e. The number of likely N-dealkylation sites (N-methyl/N-ethyl adjacent to an activating group) is 1. The maximum atomic E-state index is 12.7. The molecular weight excluding hydrogens is 326 g/mol. The average molecular weight is 360 g/mol. The molecule has 0 radical (unpaired) electrons. The van der Waals surface area contributed by atoms with Crippen molar-refractivity contribution in [2.45, 2.75) is 52.4 Å². The minimum atomic E-state index is 0.254. The number of hydrogen-bond acceptors (Lipinski definition) is 5. The third-order valence-corrected chi connectivity index (χ3v) is 5.72. The van der Waals surface area contributed by atoms with E-state index in [2.05, 4.69) is 34.7 Å². The lowest BCUT2D eigenvalue weighted by molar-refractivity contribution is -0.133. The summed E-state index contributed by atoms with van der Waals surface area (Å²) in [5.41, 5.74) is 1.11. The van der Waals surface area contributed by atoms with E-state index in [1.807, 2.05) is 11.8 Å². The number of amides is 1. The van der Waals surface area contributed by atoms with Gasteiger partial charge in [-0.25, -0.2) is 9.97 Å². The van der Waals surface area contributed by atoms with Gasteiger partial charge in [-0.3, -0.25) is 9.69 Å². The molecule has 0 spiro atoms. The van der Waals surface area contributed by atoms with Gasteiger partial charge in [0.15, 0.2) is 0 Å². The quantitative estimate of drug-likeness (QED) is 0.781. The smallest absolute Gasteiger partial charge is 0.236 e. The molecule has 0 bridgehead atoms. The second kappa shape index (κ2) is 8.80. The monoisotopic (exact) mass is 359 g/mol. The highest BCUT2D eigenvalue weighted by Gasteiger charge is 2.27. The van der Waals surface area contributed by atoms with Crippen LogP contribution in [0, 0.1) is 6.92 Å². The Labute approximate surface area is 157 Å². The third-order valence-electron chi connectivity index (χ3n) is 5.72. The van der Waals surface area contributed by atoms with Crippen LogP contribution < -0.4 is 4.90 Å². The molecule has 2 saturated heterocycles. The lowest BCUT2D eigenvalue weighted by atomic mass is 9.94. The van der Waals surface area contributed by atoms with Crippen molar-refractivity contribution in [3.8, 4) is 0 Å². The molecule has 0 aliphatic carbocycles. The fourth-order valence-corrected chi connectivity index (χ4v) is 4.08. The largest absolute Gasteiger partial charge is 0.357 e. The van der Waals surface area contributed by atoms with Gasteiger partial charge in [0.05, 0.1) is 12.2 Å². The lowest BCUT2D eigenvalue weighted by Gasteiger charge is -2.34. The van der Waals surface area contributed by atoms with Crippen molar-refractivity contribution in [2.24, 2.45) is 0 Å². The molecule has 0 N–H and O–H groups in total. The van der Waals surface area contributed by atoms with Crippen molar-refractivity contribution < 1.29 is 4.79 Å². The van der Waals surface area contributed by atoms with E-state index in [9.17, 15) is 4.79 Å². The Hall–Kier alpha value is -1.69. The van der Waals surface area contributed by atoms with Crippen molar-refractivity contribution in [3.05, 3.63) is 17.6 Å². The summed E-state index contributed by atoms with van der Waals surface area (Å²) in [5.74, 6) is 2.49. The first kappa shape index (κ1) is 19.1. The third kappa shape index (κ3) is 4.53. The van der Waals surface area contributed by atoms with Crippen LogP contribution in [0.3, 0.4) is 0 Å². The van der Waals surface area contributed by atoms with Gasteiger partial charge in [-0.1, -0.05) is 13.8 Å². The molecule has 1 atom stereocenters. The van der Waals surface area contributed by atoms with Crippen molar-refractivity contribution in [1.29, 1.82) is 0 Å². The molecule has 0 aromatic carbocycles. The number of anilines is 1. The molecule has 2 aliphatic heterocycles. The molecule has 1 aromatic heterocycles. The predicted octanol–water partition coefficient (Wildman–Crippen LogP) is 2.43. The van der Waals surface area contributed by atoms with Crippen LogP contribution in [-0.2, 0) is 4.79 Å². The van der Waals surface area contributed by atoms with Gasteiger partial charge in [0.25, 0.3) is 0 Å². The number of nitrogens with zero attached hydrogens (tertiary/aromatic N) is 5. The predicted molar refractivity (Wildman–Crippen MR) is 105 cm³/mol. The van der Waals surface area contributed by atoms with Gasteiger partial charge in [-0.2, -0.15) is 0 Å². The first-order valence-corrected chi connectivity index (χ1v) is 10.2. The molecule has 2 fully saturated rings. The number of carbonyl (C=O) groups excluding carboxylic acids is 1.